The van der Waals surface area contributed by atoms with Crippen molar-refractivity contribution < 1.29 is 17.2 Å². The number of nitrogens with zero attached hydrogens (tertiary/aromatic N) is 1. The number of nitrogens with two attached hydrogens (primary N) is 1. The molecule has 1 heterocycles. The lowest BCUT2D eigenvalue weighted by atomic mass is 10.3. The zero-order valence-electron chi connectivity index (χ0n) is 8.31. The van der Waals surface area contributed by atoms with E-state index in [-0.39, 0.29) is 10.7 Å². The van der Waals surface area contributed by atoms with E-state index in [1.54, 1.807) is 0 Å². The third-order valence-corrected chi connectivity index (χ3v) is 3.90. The largest absolute Gasteiger partial charge is 0.383 e. The van der Waals surface area contributed by atoms with Crippen molar-refractivity contribution in [3.8, 4) is 0 Å². The molecule has 0 unspecified atom stereocenters. The molecule has 90 valence electrons. The summed E-state index contributed by atoms with van der Waals surface area (Å²) in [5.74, 6) is -2.13. The molecule has 3 N–H and O–H groups in total. The van der Waals surface area contributed by atoms with E-state index in [9.17, 15) is 17.2 Å². The summed E-state index contributed by atoms with van der Waals surface area (Å²) in [6.45, 7) is 0. The Hall–Kier alpha value is -1.96. The molecule has 8 heteroatoms. The van der Waals surface area contributed by atoms with Gasteiger partial charge in [-0.25, -0.2) is 17.2 Å². The van der Waals surface area contributed by atoms with Crippen LogP contribution < -0.4 is 5.73 Å². The first-order valence-electron chi connectivity index (χ1n) is 4.42. The molecule has 0 fully saturated rings. The van der Waals surface area contributed by atoms with Crippen LogP contribution in [0.3, 0.4) is 0 Å². The van der Waals surface area contributed by atoms with Crippen molar-refractivity contribution in [2.24, 2.45) is 0 Å². The number of benzene rings is 1. The van der Waals surface area contributed by atoms with Crippen molar-refractivity contribution in [3.63, 3.8) is 0 Å². The lowest BCUT2D eigenvalue weighted by molar-refractivity contribution is 0.553. The van der Waals surface area contributed by atoms with Crippen molar-refractivity contribution in [1.29, 1.82) is 0 Å². The monoisotopic (exact) mass is 259 g/mol. The van der Waals surface area contributed by atoms with E-state index in [0.29, 0.717) is 6.07 Å². The first-order chi connectivity index (χ1) is 7.93. The molecular formula is C9H7F2N3O2S. The van der Waals surface area contributed by atoms with Crippen LogP contribution in [0.4, 0.5) is 14.6 Å². The molecule has 0 bridgehead atoms. The van der Waals surface area contributed by atoms with Crippen LogP contribution in [0.1, 0.15) is 0 Å². The highest BCUT2D eigenvalue weighted by molar-refractivity contribution is 7.91. The third-order valence-electron chi connectivity index (χ3n) is 2.10. The number of hydrogen-bond acceptors (Lipinski definition) is 4. The van der Waals surface area contributed by atoms with Gasteiger partial charge in [0.2, 0.25) is 9.84 Å². The lowest BCUT2D eigenvalue weighted by Crippen LogP contribution is -2.06. The Labute approximate surface area is 95.2 Å². The lowest BCUT2D eigenvalue weighted by Gasteiger charge is -2.04. The highest BCUT2D eigenvalue weighted by Gasteiger charge is 2.26. The topological polar surface area (TPSA) is 88.8 Å². The smallest absolute Gasteiger partial charge is 0.214 e. The normalized spacial score (nSPS) is 11.6. The van der Waals surface area contributed by atoms with Crippen LogP contribution in [0.15, 0.2) is 34.2 Å². The number of aromatic nitrogens is 2. The van der Waals surface area contributed by atoms with E-state index in [0.717, 1.165) is 18.3 Å². The molecule has 2 rings (SSSR count). The summed E-state index contributed by atoms with van der Waals surface area (Å²) < 4.78 is 50.2. The standard InChI is InChI=1S/C9H7F2N3O2S/c10-5-1-2-6(11)7(3-5)17(15,16)8-4-13-14-9(8)12/h1-4H,(H3,12,13,14). The molecule has 17 heavy (non-hydrogen) atoms. The first-order valence-corrected chi connectivity index (χ1v) is 5.90. The van der Waals surface area contributed by atoms with Crippen LogP contribution in [-0.2, 0) is 9.84 Å². The van der Waals surface area contributed by atoms with Gasteiger partial charge < -0.3 is 5.73 Å². The average Bonchev–Trinajstić information content (AvgIpc) is 2.68. The number of halogens is 2. The molecule has 0 aliphatic heterocycles. The number of aromatic amines is 1. The Balaban J connectivity index is 2.68. The number of nitrogen functional groups attached to an aromatic ring is 1. The van der Waals surface area contributed by atoms with E-state index in [4.69, 9.17) is 5.73 Å². The molecule has 0 aliphatic rings. The Bertz CT molecular complexity index is 667. The summed E-state index contributed by atoms with van der Waals surface area (Å²) in [5.41, 5.74) is 5.34. The van der Waals surface area contributed by atoms with E-state index in [1.807, 2.05) is 0 Å². The molecule has 0 saturated heterocycles. The number of rotatable bonds is 2. The molecule has 0 aliphatic carbocycles. The van der Waals surface area contributed by atoms with Crippen LogP contribution in [0.25, 0.3) is 0 Å². The molecule has 2 aromatic rings. The highest BCUT2D eigenvalue weighted by Crippen LogP contribution is 2.26. The second-order valence-electron chi connectivity index (χ2n) is 3.23. The van der Waals surface area contributed by atoms with Crippen molar-refractivity contribution in [2.45, 2.75) is 9.79 Å². The van der Waals surface area contributed by atoms with E-state index < -0.39 is 26.4 Å². The minimum absolute atomic E-state index is 0.228. The van der Waals surface area contributed by atoms with Crippen LogP contribution in [0.2, 0.25) is 0 Å². The van der Waals surface area contributed by atoms with E-state index in [2.05, 4.69) is 10.2 Å². The molecule has 0 spiro atoms. The number of hydrogen-bond donors (Lipinski definition) is 2. The summed E-state index contributed by atoms with van der Waals surface area (Å²) in [4.78, 5) is -1.16. The third kappa shape index (κ3) is 1.86. The van der Waals surface area contributed by atoms with Crippen LogP contribution in [-0.4, -0.2) is 18.6 Å². The maximum absolute atomic E-state index is 13.4. The fourth-order valence-electron chi connectivity index (χ4n) is 1.30. The van der Waals surface area contributed by atoms with Crippen molar-refractivity contribution in [2.75, 3.05) is 5.73 Å². The van der Waals surface area contributed by atoms with Crippen molar-refractivity contribution >= 4 is 15.7 Å². The molecular weight excluding hydrogens is 252 g/mol. The maximum Gasteiger partial charge on any atom is 0.214 e. The molecule has 0 atom stereocenters. The number of anilines is 1. The summed E-state index contributed by atoms with van der Waals surface area (Å²) in [6, 6.07) is 2.16. The Morgan fingerprint density at radius 1 is 1.24 bits per heavy atom. The fourth-order valence-corrected chi connectivity index (χ4v) is 2.66. The quantitative estimate of drug-likeness (QED) is 0.845. The van der Waals surface area contributed by atoms with E-state index >= 15 is 0 Å². The van der Waals surface area contributed by atoms with Gasteiger partial charge >= 0.3 is 0 Å². The highest BCUT2D eigenvalue weighted by atomic mass is 32.2. The summed E-state index contributed by atoms with van der Waals surface area (Å²) in [6.07, 6.45) is 0.939. The Morgan fingerprint density at radius 3 is 2.53 bits per heavy atom. The SMILES string of the molecule is Nc1[nH]ncc1S(=O)(=O)c1cc(F)ccc1F. The van der Waals surface area contributed by atoms with Gasteiger partial charge in [0.05, 0.1) is 6.20 Å². The van der Waals surface area contributed by atoms with Crippen LogP contribution >= 0.6 is 0 Å². The second kappa shape index (κ2) is 3.81. The Morgan fingerprint density at radius 2 is 1.94 bits per heavy atom. The van der Waals surface area contributed by atoms with E-state index in [1.165, 1.54) is 0 Å². The van der Waals surface area contributed by atoms with Crippen molar-refractivity contribution in [1.82, 2.24) is 10.2 Å². The predicted molar refractivity (Wildman–Crippen MR) is 54.8 cm³/mol. The fraction of sp³-hybridized carbons (Fsp3) is 0. The zero-order chi connectivity index (χ0) is 12.6. The van der Waals surface area contributed by atoms with Gasteiger partial charge in [0.25, 0.3) is 0 Å². The molecule has 0 saturated carbocycles. The van der Waals surface area contributed by atoms with Crippen molar-refractivity contribution in [3.05, 3.63) is 36.0 Å². The second-order valence-corrected chi connectivity index (χ2v) is 5.11. The number of sulfone groups is 1. The molecule has 1 aromatic heterocycles. The molecule has 5 nitrogen and oxygen atoms in total. The molecule has 0 radical (unpaired) electrons. The predicted octanol–water partition coefficient (Wildman–Crippen LogP) is 1.10. The van der Waals surface area contributed by atoms with Gasteiger partial charge in [-0.15, -0.1) is 0 Å². The number of nitrogens with one attached hydrogen (secondary N) is 1. The maximum atomic E-state index is 13.4. The summed E-state index contributed by atoms with van der Waals surface area (Å²) in [5, 5.41) is 5.63. The minimum atomic E-state index is -4.21. The van der Waals surface area contributed by atoms with Crippen LogP contribution in [0, 0.1) is 11.6 Å². The van der Waals surface area contributed by atoms with Gasteiger partial charge in [0.1, 0.15) is 27.2 Å². The minimum Gasteiger partial charge on any atom is -0.383 e. The van der Waals surface area contributed by atoms with Gasteiger partial charge in [-0.1, -0.05) is 0 Å². The van der Waals surface area contributed by atoms with Gasteiger partial charge in [-0.2, -0.15) is 5.10 Å². The van der Waals surface area contributed by atoms with Gasteiger partial charge in [0, 0.05) is 0 Å². The number of H-pyrrole nitrogens is 1. The first kappa shape index (κ1) is 11.5. The van der Waals surface area contributed by atoms with Gasteiger partial charge in [-0.3, -0.25) is 5.10 Å². The molecule has 0 amide bonds. The Kier molecular flexibility index (Phi) is 2.58. The van der Waals surface area contributed by atoms with Gasteiger partial charge in [-0.05, 0) is 18.2 Å². The summed E-state index contributed by atoms with van der Waals surface area (Å²) >= 11 is 0. The zero-order valence-corrected chi connectivity index (χ0v) is 9.13. The van der Waals surface area contributed by atoms with Crippen LogP contribution in [0.5, 0.6) is 0 Å². The molecule has 1 aromatic carbocycles. The summed E-state index contributed by atoms with van der Waals surface area (Å²) in [7, 11) is -4.21. The average molecular weight is 259 g/mol. The van der Waals surface area contributed by atoms with Gasteiger partial charge in [0.15, 0.2) is 0 Å².